The maximum absolute atomic E-state index is 11.2. The highest BCUT2D eigenvalue weighted by molar-refractivity contribution is 9.10. The SMILES string of the molecule is CSC1CCC(Nc2ncc(Br)cc2C(=O)O)C1. The van der Waals surface area contributed by atoms with Crippen molar-refractivity contribution in [3.63, 3.8) is 0 Å². The lowest BCUT2D eigenvalue weighted by atomic mass is 10.2. The van der Waals surface area contributed by atoms with Gasteiger partial charge in [0, 0.05) is 22.0 Å². The molecule has 0 aromatic carbocycles. The van der Waals surface area contributed by atoms with Crippen molar-refractivity contribution in [2.75, 3.05) is 11.6 Å². The summed E-state index contributed by atoms with van der Waals surface area (Å²) in [6.07, 6.45) is 7.06. The highest BCUT2D eigenvalue weighted by atomic mass is 79.9. The number of hydrogen-bond acceptors (Lipinski definition) is 4. The van der Waals surface area contributed by atoms with Crippen LogP contribution in [0.5, 0.6) is 0 Å². The van der Waals surface area contributed by atoms with Crippen molar-refractivity contribution in [2.24, 2.45) is 0 Å². The zero-order valence-corrected chi connectivity index (χ0v) is 12.4. The molecule has 2 unspecified atom stereocenters. The van der Waals surface area contributed by atoms with Gasteiger partial charge in [-0.3, -0.25) is 0 Å². The van der Waals surface area contributed by atoms with Gasteiger partial charge in [0.15, 0.2) is 0 Å². The molecule has 2 rings (SSSR count). The molecule has 6 heteroatoms. The fourth-order valence-electron chi connectivity index (χ4n) is 2.20. The van der Waals surface area contributed by atoms with E-state index >= 15 is 0 Å². The summed E-state index contributed by atoms with van der Waals surface area (Å²) in [6.45, 7) is 0. The molecule has 1 aliphatic rings. The molecule has 1 saturated carbocycles. The maximum Gasteiger partial charge on any atom is 0.339 e. The number of rotatable bonds is 4. The zero-order chi connectivity index (χ0) is 13.1. The minimum atomic E-state index is -0.953. The number of carboxylic acids is 1. The Bertz CT molecular complexity index is 456. The number of anilines is 1. The quantitative estimate of drug-likeness (QED) is 0.887. The number of nitrogens with one attached hydrogen (secondary N) is 1. The number of carbonyl (C=O) groups is 1. The second-order valence-corrected chi connectivity index (χ2v) is 6.42. The van der Waals surface area contributed by atoms with Gasteiger partial charge in [-0.2, -0.15) is 11.8 Å². The molecule has 1 aromatic heterocycles. The van der Waals surface area contributed by atoms with Crippen LogP contribution in [0.4, 0.5) is 5.82 Å². The molecular formula is C12H15BrN2O2S. The predicted molar refractivity (Wildman–Crippen MR) is 77.5 cm³/mol. The number of thioether (sulfide) groups is 1. The molecular weight excluding hydrogens is 316 g/mol. The van der Waals surface area contributed by atoms with Gasteiger partial charge < -0.3 is 10.4 Å². The topological polar surface area (TPSA) is 62.2 Å². The molecule has 2 atom stereocenters. The minimum Gasteiger partial charge on any atom is -0.478 e. The van der Waals surface area contributed by atoms with Crippen LogP contribution < -0.4 is 5.32 Å². The highest BCUT2D eigenvalue weighted by Gasteiger charge is 2.25. The molecule has 4 nitrogen and oxygen atoms in total. The van der Waals surface area contributed by atoms with Gasteiger partial charge in [0.2, 0.25) is 0 Å². The van der Waals surface area contributed by atoms with Crippen molar-refractivity contribution < 1.29 is 9.90 Å². The monoisotopic (exact) mass is 330 g/mol. The predicted octanol–water partition coefficient (Wildman–Crippen LogP) is 3.24. The van der Waals surface area contributed by atoms with Crippen LogP contribution in [0.1, 0.15) is 29.6 Å². The van der Waals surface area contributed by atoms with Crippen molar-refractivity contribution >= 4 is 39.5 Å². The Morgan fingerprint density at radius 2 is 2.39 bits per heavy atom. The van der Waals surface area contributed by atoms with E-state index in [-0.39, 0.29) is 5.56 Å². The Balaban J connectivity index is 2.12. The first-order valence-corrected chi connectivity index (χ1v) is 7.86. The van der Waals surface area contributed by atoms with E-state index in [1.54, 1.807) is 12.3 Å². The number of nitrogens with zero attached hydrogens (tertiary/aromatic N) is 1. The highest BCUT2D eigenvalue weighted by Crippen LogP contribution is 2.30. The van der Waals surface area contributed by atoms with Gasteiger partial charge >= 0.3 is 5.97 Å². The summed E-state index contributed by atoms with van der Waals surface area (Å²) >= 11 is 5.12. The van der Waals surface area contributed by atoms with Gasteiger partial charge in [0.25, 0.3) is 0 Å². The number of aromatic carboxylic acids is 1. The maximum atomic E-state index is 11.2. The van der Waals surface area contributed by atoms with Crippen molar-refractivity contribution in [1.29, 1.82) is 0 Å². The van der Waals surface area contributed by atoms with Gasteiger partial charge in [0.1, 0.15) is 11.4 Å². The van der Waals surface area contributed by atoms with Crippen LogP contribution in [0, 0.1) is 0 Å². The van der Waals surface area contributed by atoms with Gasteiger partial charge in [0.05, 0.1) is 0 Å². The van der Waals surface area contributed by atoms with E-state index in [9.17, 15) is 4.79 Å². The lowest BCUT2D eigenvalue weighted by Crippen LogP contribution is -2.19. The van der Waals surface area contributed by atoms with Crippen molar-refractivity contribution in [1.82, 2.24) is 4.98 Å². The molecule has 0 radical (unpaired) electrons. The van der Waals surface area contributed by atoms with Crippen molar-refractivity contribution in [3.8, 4) is 0 Å². The summed E-state index contributed by atoms with van der Waals surface area (Å²) in [5.41, 5.74) is 0.219. The number of aromatic nitrogens is 1. The Hall–Kier alpha value is -0.750. The van der Waals surface area contributed by atoms with Gasteiger partial charge in [-0.05, 0) is 47.5 Å². The number of hydrogen-bond donors (Lipinski definition) is 2. The summed E-state index contributed by atoms with van der Waals surface area (Å²) in [5, 5.41) is 13.1. The molecule has 1 aromatic rings. The zero-order valence-electron chi connectivity index (χ0n) is 10.0. The molecule has 98 valence electrons. The second-order valence-electron chi connectivity index (χ2n) is 4.37. The Kier molecular flexibility index (Phi) is 4.50. The normalized spacial score (nSPS) is 23.0. The fourth-order valence-corrected chi connectivity index (χ4v) is 3.32. The van der Waals surface area contributed by atoms with Crippen LogP contribution >= 0.6 is 27.7 Å². The fraction of sp³-hybridized carbons (Fsp3) is 0.500. The molecule has 0 bridgehead atoms. The van der Waals surface area contributed by atoms with Gasteiger partial charge in [-0.15, -0.1) is 0 Å². The van der Waals surface area contributed by atoms with Crippen LogP contribution in [-0.2, 0) is 0 Å². The van der Waals surface area contributed by atoms with Crippen LogP contribution in [0.3, 0.4) is 0 Å². The Morgan fingerprint density at radius 3 is 3.00 bits per heavy atom. The van der Waals surface area contributed by atoms with E-state index in [0.717, 1.165) is 12.8 Å². The van der Waals surface area contributed by atoms with Crippen molar-refractivity contribution in [2.45, 2.75) is 30.6 Å². The third-order valence-corrected chi connectivity index (χ3v) is 4.67. The van der Waals surface area contributed by atoms with Crippen LogP contribution in [0.25, 0.3) is 0 Å². The van der Waals surface area contributed by atoms with E-state index in [2.05, 4.69) is 32.5 Å². The van der Waals surface area contributed by atoms with Crippen molar-refractivity contribution in [3.05, 3.63) is 22.3 Å². The van der Waals surface area contributed by atoms with Crippen LogP contribution in [0.15, 0.2) is 16.7 Å². The summed E-state index contributed by atoms with van der Waals surface area (Å²) < 4.78 is 0.680. The first-order valence-electron chi connectivity index (χ1n) is 5.78. The molecule has 0 saturated heterocycles. The van der Waals surface area contributed by atoms with Crippen LogP contribution in [0.2, 0.25) is 0 Å². The lowest BCUT2D eigenvalue weighted by Gasteiger charge is -2.15. The molecule has 0 aliphatic heterocycles. The number of carboxylic acid groups (broad SMARTS) is 1. The summed E-state index contributed by atoms with van der Waals surface area (Å²) in [6, 6.07) is 1.91. The van der Waals surface area contributed by atoms with Gasteiger partial charge in [-0.25, -0.2) is 9.78 Å². The van der Waals surface area contributed by atoms with E-state index in [1.807, 2.05) is 11.8 Å². The van der Waals surface area contributed by atoms with Gasteiger partial charge in [-0.1, -0.05) is 0 Å². The standard InChI is InChI=1S/C12H15BrN2O2S/c1-18-9-3-2-8(5-9)15-11-10(12(16)17)4-7(13)6-14-11/h4,6,8-9H,2-3,5H2,1H3,(H,14,15)(H,16,17). The van der Waals surface area contributed by atoms with E-state index < -0.39 is 5.97 Å². The number of halogens is 1. The van der Waals surface area contributed by atoms with Crippen LogP contribution in [-0.4, -0.2) is 33.6 Å². The van der Waals surface area contributed by atoms with E-state index in [1.165, 1.54) is 6.42 Å². The molecule has 1 fully saturated rings. The third kappa shape index (κ3) is 3.17. The second kappa shape index (κ2) is 5.93. The summed E-state index contributed by atoms with van der Waals surface area (Å²) in [5.74, 6) is -0.483. The number of pyridine rings is 1. The average molecular weight is 331 g/mol. The summed E-state index contributed by atoms with van der Waals surface area (Å²) in [7, 11) is 0. The average Bonchev–Trinajstić information content (AvgIpc) is 2.79. The third-order valence-electron chi connectivity index (χ3n) is 3.14. The smallest absolute Gasteiger partial charge is 0.339 e. The molecule has 1 heterocycles. The minimum absolute atomic E-state index is 0.219. The Morgan fingerprint density at radius 1 is 1.61 bits per heavy atom. The lowest BCUT2D eigenvalue weighted by molar-refractivity contribution is 0.0697. The van der Waals surface area contributed by atoms with E-state index in [0.29, 0.717) is 21.6 Å². The molecule has 2 N–H and O–H groups in total. The first-order chi connectivity index (χ1) is 8.60. The van der Waals surface area contributed by atoms with E-state index in [4.69, 9.17) is 5.11 Å². The molecule has 0 amide bonds. The summed E-state index contributed by atoms with van der Waals surface area (Å²) in [4.78, 5) is 15.3. The Labute approximate surface area is 119 Å². The molecule has 0 spiro atoms. The largest absolute Gasteiger partial charge is 0.478 e. The first kappa shape index (κ1) is 13.7. The molecule has 1 aliphatic carbocycles. The molecule has 18 heavy (non-hydrogen) atoms.